The normalized spacial score (nSPS) is 36.4. The van der Waals surface area contributed by atoms with E-state index in [4.69, 9.17) is 0 Å². The molecule has 1 N–H and O–H groups in total. The quantitative estimate of drug-likeness (QED) is 0.835. The summed E-state index contributed by atoms with van der Waals surface area (Å²) in [6.45, 7) is 7.16. The SMILES string of the molecule is CCC1C(NC)C2CC(C)(C)c3ccccc3C12. The van der Waals surface area contributed by atoms with E-state index in [2.05, 4.69) is 57.4 Å². The standard InChI is InChI=1S/C17H25N/c1-5-11-15-12-8-6-7-9-14(12)17(2,3)10-13(15)16(11)18-4/h6-9,11,13,15-16,18H,5,10H2,1-4H3. The lowest BCUT2D eigenvalue weighted by molar-refractivity contribution is 0.0350. The topological polar surface area (TPSA) is 12.0 Å². The average molecular weight is 243 g/mol. The Morgan fingerprint density at radius 1 is 1.28 bits per heavy atom. The minimum absolute atomic E-state index is 0.339. The third kappa shape index (κ3) is 1.50. The van der Waals surface area contributed by atoms with Crippen molar-refractivity contribution in [1.82, 2.24) is 5.32 Å². The molecule has 3 rings (SSSR count). The summed E-state index contributed by atoms with van der Waals surface area (Å²) in [5.74, 6) is 2.47. The van der Waals surface area contributed by atoms with Crippen LogP contribution in [0, 0.1) is 11.8 Å². The molecule has 0 heterocycles. The van der Waals surface area contributed by atoms with Gasteiger partial charge in [-0.2, -0.15) is 0 Å². The van der Waals surface area contributed by atoms with Crippen molar-refractivity contribution < 1.29 is 0 Å². The summed E-state index contributed by atoms with van der Waals surface area (Å²) in [5.41, 5.74) is 3.57. The van der Waals surface area contributed by atoms with Gasteiger partial charge < -0.3 is 5.32 Å². The molecular formula is C17H25N. The van der Waals surface area contributed by atoms with Gasteiger partial charge in [-0.15, -0.1) is 0 Å². The van der Waals surface area contributed by atoms with Crippen LogP contribution in [-0.4, -0.2) is 13.1 Å². The minimum Gasteiger partial charge on any atom is -0.316 e. The molecule has 1 fully saturated rings. The van der Waals surface area contributed by atoms with E-state index in [0.29, 0.717) is 5.41 Å². The fourth-order valence-electron chi connectivity index (χ4n) is 4.69. The highest BCUT2D eigenvalue weighted by Gasteiger charge is 2.54. The van der Waals surface area contributed by atoms with Gasteiger partial charge in [0.2, 0.25) is 0 Å². The Morgan fingerprint density at radius 2 is 2.00 bits per heavy atom. The largest absolute Gasteiger partial charge is 0.316 e. The first-order valence-corrected chi connectivity index (χ1v) is 7.37. The van der Waals surface area contributed by atoms with Gasteiger partial charge in [0.25, 0.3) is 0 Å². The molecule has 2 aliphatic rings. The summed E-state index contributed by atoms with van der Waals surface area (Å²) in [4.78, 5) is 0. The number of hydrogen-bond acceptors (Lipinski definition) is 1. The zero-order valence-electron chi connectivity index (χ0n) is 12.0. The van der Waals surface area contributed by atoms with Crippen LogP contribution in [-0.2, 0) is 5.41 Å². The van der Waals surface area contributed by atoms with Gasteiger partial charge in [-0.25, -0.2) is 0 Å². The summed E-state index contributed by atoms with van der Waals surface area (Å²) in [7, 11) is 2.14. The second-order valence-electron chi connectivity index (χ2n) is 6.75. The molecule has 0 aliphatic heterocycles. The predicted molar refractivity (Wildman–Crippen MR) is 76.9 cm³/mol. The predicted octanol–water partition coefficient (Wildman–Crippen LogP) is 3.70. The lowest BCUT2D eigenvalue weighted by Crippen LogP contribution is -2.59. The van der Waals surface area contributed by atoms with Crippen LogP contribution in [0.3, 0.4) is 0 Å². The number of hydrogen-bond donors (Lipinski definition) is 1. The van der Waals surface area contributed by atoms with E-state index < -0.39 is 0 Å². The monoisotopic (exact) mass is 243 g/mol. The van der Waals surface area contributed by atoms with E-state index in [0.717, 1.165) is 23.8 Å². The summed E-state index contributed by atoms with van der Waals surface area (Å²) in [5, 5.41) is 3.57. The van der Waals surface area contributed by atoms with Crippen LogP contribution >= 0.6 is 0 Å². The van der Waals surface area contributed by atoms with Crippen molar-refractivity contribution in [2.75, 3.05) is 7.05 Å². The summed E-state index contributed by atoms with van der Waals surface area (Å²) in [6, 6.07) is 9.88. The molecule has 2 aliphatic carbocycles. The Kier molecular flexibility index (Phi) is 2.78. The molecule has 1 aromatic carbocycles. The first-order valence-electron chi connectivity index (χ1n) is 7.37. The Bertz CT molecular complexity index is 449. The maximum atomic E-state index is 3.57. The molecule has 1 nitrogen and oxygen atoms in total. The van der Waals surface area contributed by atoms with E-state index in [-0.39, 0.29) is 0 Å². The van der Waals surface area contributed by atoms with E-state index in [9.17, 15) is 0 Å². The Hall–Kier alpha value is -0.820. The molecule has 98 valence electrons. The average Bonchev–Trinajstić information content (AvgIpc) is 2.34. The molecule has 0 spiro atoms. The third-order valence-electron chi connectivity index (χ3n) is 5.44. The Morgan fingerprint density at radius 3 is 2.67 bits per heavy atom. The van der Waals surface area contributed by atoms with Crippen molar-refractivity contribution in [1.29, 1.82) is 0 Å². The van der Waals surface area contributed by atoms with Gasteiger partial charge in [-0.3, -0.25) is 0 Å². The van der Waals surface area contributed by atoms with Gasteiger partial charge in [0.05, 0.1) is 0 Å². The van der Waals surface area contributed by atoms with Crippen LogP contribution in [0.2, 0.25) is 0 Å². The molecule has 18 heavy (non-hydrogen) atoms. The van der Waals surface area contributed by atoms with Gasteiger partial charge in [0, 0.05) is 6.04 Å². The van der Waals surface area contributed by atoms with Crippen molar-refractivity contribution >= 4 is 0 Å². The van der Waals surface area contributed by atoms with Crippen molar-refractivity contribution in [3.63, 3.8) is 0 Å². The second-order valence-corrected chi connectivity index (χ2v) is 6.75. The van der Waals surface area contributed by atoms with E-state index in [1.807, 2.05) is 0 Å². The first-order chi connectivity index (χ1) is 8.60. The molecular weight excluding hydrogens is 218 g/mol. The highest BCUT2D eigenvalue weighted by molar-refractivity contribution is 5.42. The molecule has 0 saturated heterocycles. The maximum absolute atomic E-state index is 3.57. The van der Waals surface area contributed by atoms with Crippen molar-refractivity contribution in [2.24, 2.45) is 11.8 Å². The van der Waals surface area contributed by atoms with Crippen LogP contribution in [0.15, 0.2) is 24.3 Å². The zero-order chi connectivity index (χ0) is 12.9. The molecule has 1 saturated carbocycles. The van der Waals surface area contributed by atoms with Crippen molar-refractivity contribution in [3.05, 3.63) is 35.4 Å². The molecule has 1 heteroatoms. The van der Waals surface area contributed by atoms with Crippen molar-refractivity contribution in [2.45, 2.75) is 51.0 Å². The molecule has 0 radical (unpaired) electrons. The highest BCUT2D eigenvalue weighted by atomic mass is 14.9. The molecule has 1 aromatic rings. The van der Waals surface area contributed by atoms with Gasteiger partial charge >= 0.3 is 0 Å². The van der Waals surface area contributed by atoms with Gasteiger partial charge in [-0.1, -0.05) is 51.5 Å². The third-order valence-corrected chi connectivity index (χ3v) is 5.44. The van der Waals surface area contributed by atoms with Crippen LogP contribution in [0.25, 0.3) is 0 Å². The number of benzene rings is 1. The summed E-state index contributed by atoms with van der Waals surface area (Å²) >= 11 is 0. The van der Waals surface area contributed by atoms with Crippen LogP contribution in [0.4, 0.5) is 0 Å². The Balaban J connectivity index is 2.05. The lowest BCUT2D eigenvalue weighted by atomic mass is 9.49. The molecule has 0 aromatic heterocycles. The number of nitrogens with one attached hydrogen (secondary N) is 1. The highest BCUT2D eigenvalue weighted by Crippen LogP contribution is 2.58. The summed E-state index contributed by atoms with van der Waals surface area (Å²) in [6.07, 6.45) is 2.62. The van der Waals surface area contributed by atoms with E-state index in [1.165, 1.54) is 12.8 Å². The number of rotatable bonds is 2. The molecule has 0 amide bonds. The second kappa shape index (κ2) is 4.09. The molecule has 0 bridgehead atoms. The zero-order valence-corrected chi connectivity index (χ0v) is 12.0. The summed E-state index contributed by atoms with van der Waals surface area (Å²) < 4.78 is 0. The van der Waals surface area contributed by atoms with Gasteiger partial charge in [0.15, 0.2) is 0 Å². The van der Waals surface area contributed by atoms with E-state index >= 15 is 0 Å². The fourth-order valence-corrected chi connectivity index (χ4v) is 4.69. The molecule has 4 unspecified atom stereocenters. The smallest absolute Gasteiger partial charge is 0.0133 e. The fraction of sp³-hybridized carbons (Fsp3) is 0.647. The lowest BCUT2D eigenvalue weighted by Gasteiger charge is -2.58. The molecule has 4 atom stereocenters. The first kappa shape index (κ1) is 12.2. The van der Waals surface area contributed by atoms with Gasteiger partial charge in [0.1, 0.15) is 0 Å². The number of fused-ring (bicyclic) bond motifs is 3. The van der Waals surface area contributed by atoms with Crippen LogP contribution in [0.1, 0.15) is 50.7 Å². The maximum Gasteiger partial charge on any atom is 0.0133 e. The van der Waals surface area contributed by atoms with Gasteiger partial charge in [-0.05, 0) is 47.8 Å². The van der Waals surface area contributed by atoms with E-state index in [1.54, 1.807) is 11.1 Å². The minimum atomic E-state index is 0.339. The van der Waals surface area contributed by atoms with Crippen LogP contribution in [0.5, 0.6) is 0 Å². The Labute approximate surface area is 111 Å². The van der Waals surface area contributed by atoms with Crippen LogP contribution < -0.4 is 5.32 Å². The van der Waals surface area contributed by atoms with Crippen molar-refractivity contribution in [3.8, 4) is 0 Å².